The van der Waals surface area contributed by atoms with Crippen molar-refractivity contribution in [2.24, 2.45) is 0 Å². The number of aryl methyl sites for hydroxylation is 1. The van der Waals surface area contributed by atoms with E-state index < -0.39 is 0 Å². The molecule has 0 aliphatic carbocycles. The van der Waals surface area contributed by atoms with Gasteiger partial charge in [-0.25, -0.2) is 15.0 Å². The lowest BCUT2D eigenvalue weighted by Crippen LogP contribution is -2.40. The molecule has 1 amide bonds. The molecule has 3 aromatic rings. The van der Waals surface area contributed by atoms with Gasteiger partial charge in [-0.3, -0.25) is 4.79 Å². The van der Waals surface area contributed by atoms with Crippen molar-refractivity contribution in [3.63, 3.8) is 0 Å². The van der Waals surface area contributed by atoms with E-state index in [1.165, 1.54) is 0 Å². The van der Waals surface area contributed by atoms with E-state index in [0.29, 0.717) is 82.2 Å². The second-order valence-corrected chi connectivity index (χ2v) is 10.3. The molecule has 2 fully saturated rings. The largest absolute Gasteiger partial charge is 0.378 e. The van der Waals surface area contributed by atoms with Gasteiger partial charge in [-0.2, -0.15) is 4.98 Å². The summed E-state index contributed by atoms with van der Waals surface area (Å²) in [7, 11) is 0. The zero-order valence-electron chi connectivity index (χ0n) is 22.3. The van der Waals surface area contributed by atoms with Crippen LogP contribution in [0.5, 0.6) is 0 Å². The fourth-order valence-corrected chi connectivity index (χ4v) is 5.40. The summed E-state index contributed by atoms with van der Waals surface area (Å²) in [5, 5.41) is 3.91. The van der Waals surface area contributed by atoms with E-state index in [1.54, 1.807) is 12.4 Å². The van der Waals surface area contributed by atoms with Crippen LogP contribution in [0.4, 0.5) is 23.4 Å². The highest BCUT2D eigenvalue weighted by molar-refractivity contribution is 7.80. The number of rotatable bonds is 4. The number of amides is 1. The minimum absolute atomic E-state index is 0.0144. The van der Waals surface area contributed by atoms with Crippen molar-refractivity contribution < 1.29 is 14.3 Å². The maximum absolute atomic E-state index is 12.9. The van der Waals surface area contributed by atoms with E-state index in [0.717, 1.165) is 33.9 Å². The Kier molecular flexibility index (Phi) is 7.41. The lowest BCUT2D eigenvalue weighted by Gasteiger charge is -2.28. The number of carbonyl (C=O) groups excluding carboxylic acids is 1. The molecule has 3 aliphatic rings. The fourth-order valence-electron chi connectivity index (χ4n) is 5.11. The molecule has 40 heavy (non-hydrogen) atoms. The van der Waals surface area contributed by atoms with Gasteiger partial charge in [0.05, 0.1) is 32.1 Å². The van der Waals surface area contributed by atoms with Crippen molar-refractivity contribution in [1.82, 2.24) is 24.8 Å². The van der Waals surface area contributed by atoms with E-state index in [1.807, 2.05) is 34.9 Å². The number of nitrogens with zero attached hydrogens (tertiary/aromatic N) is 7. The van der Waals surface area contributed by atoms with Gasteiger partial charge in [-0.05, 0) is 49.3 Å². The molecule has 1 aromatic carbocycles. The first-order valence-electron chi connectivity index (χ1n) is 13.4. The van der Waals surface area contributed by atoms with Crippen molar-refractivity contribution in [3.8, 4) is 11.3 Å². The Morgan fingerprint density at radius 2 is 1.70 bits per heavy atom. The van der Waals surface area contributed by atoms with E-state index in [9.17, 15) is 4.79 Å². The summed E-state index contributed by atoms with van der Waals surface area (Å²) in [6.07, 6.45) is 4.10. The number of anilines is 4. The quantitative estimate of drug-likeness (QED) is 0.451. The van der Waals surface area contributed by atoms with Gasteiger partial charge in [0.15, 0.2) is 5.11 Å². The van der Waals surface area contributed by atoms with Gasteiger partial charge in [0.1, 0.15) is 5.82 Å². The van der Waals surface area contributed by atoms with Crippen molar-refractivity contribution in [2.75, 3.05) is 80.0 Å². The number of aromatic nitrogens is 4. The minimum Gasteiger partial charge on any atom is -0.378 e. The second-order valence-electron chi connectivity index (χ2n) is 9.87. The molecule has 208 valence electrons. The smallest absolute Gasteiger partial charge is 0.254 e. The Labute approximate surface area is 237 Å². The number of nitrogens with one attached hydrogen (secondary N) is 1. The van der Waals surface area contributed by atoms with Gasteiger partial charge in [-0.1, -0.05) is 0 Å². The first-order chi connectivity index (χ1) is 19.5. The molecule has 12 nitrogen and oxygen atoms in total. The molecule has 2 saturated heterocycles. The standard InChI is InChI=1S/C27H31N9O3S/c1-17-14-18(24(37)34-6-10-38-11-7-34)2-3-21(17)31-27(40)36-5-4-20-22(19-15-29-25(28)30-16-19)32-26(33-23(20)36)35-8-12-39-13-9-35/h2-3,14-16H,4-13H2,1H3,(H,31,40)(H2,28,29,30). The molecular weight excluding hydrogens is 530 g/mol. The Morgan fingerprint density at radius 1 is 1.00 bits per heavy atom. The lowest BCUT2D eigenvalue weighted by atomic mass is 10.1. The van der Waals surface area contributed by atoms with Crippen LogP contribution < -0.4 is 20.9 Å². The zero-order valence-corrected chi connectivity index (χ0v) is 23.1. The molecule has 0 atom stereocenters. The van der Waals surface area contributed by atoms with Crippen LogP contribution in [-0.4, -0.2) is 95.0 Å². The Morgan fingerprint density at radius 3 is 2.40 bits per heavy atom. The van der Waals surface area contributed by atoms with Crippen molar-refractivity contribution in [1.29, 1.82) is 0 Å². The fraction of sp³-hybridized carbons (Fsp3) is 0.407. The van der Waals surface area contributed by atoms with Crippen LogP contribution in [-0.2, 0) is 15.9 Å². The first kappa shape index (κ1) is 26.3. The number of morpholine rings is 2. The van der Waals surface area contributed by atoms with Gasteiger partial charge in [0.25, 0.3) is 5.91 Å². The third kappa shape index (κ3) is 5.27. The third-order valence-corrected chi connectivity index (χ3v) is 7.63. The number of hydrogen-bond donors (Lipinski definition) is 2. The van der Waals surface area contributed by atoms with Crippen molar-refractivity contribution in [2.45, 2.75) is 13.3 Å². The zero-order chi connectivity index (χ0) is 27.6. The molecular formula is C27H31N9O3S. The van der Waals surface area contributed by atoms with Crippen LogP contribution in [0.15, 0.2) is 30.6 Å². The molecule has 0 radical (unpaired) electrons. The Bertz CT molecular complexity index is 1420. The van der Waals surface area contributed by atoms with Crippen LogP contribution in [0.3, 0.4) is 0 Å². The van der Waals surface area contributed by atoms with Crippen LogP contribution in [0, 0.1) is 6.92 Å². The number of thiocarbonyl (C=S) groups is 1. The number of hydrogen-bond acceptors (Lipinski definition) is 10. The van der Waals surface area contributed by atoms with Gasteiger partial charge >= 0.3 is 0 Å². The highest BCUT2D eigenvalue weighted by Crippen LogP contribution is 2.36. The summed E-state index contributed by atoms with van der Waals surface area (Å²) >= 11 is 5.89. The average molecular weight is 562 g/mol. The molecule has 0 bridgehead atoms. The molecule has 0 saturated carbocycles. The van der Waals surface area contributed by atoms with Gasteiger partial charge in [0.2, 0.25) is 11.9 Å². The van der Waals surface area contributed by atoms with Crippen molar-refractivity contribution >= 4 is 46.6 Å². The second kappa shape index (κ2) is 11.3. The normalized spacial score (nSPS) is 17.1. The predicted octanol–water partition coefficient (Wildman–Crippen LogP) is 1.89. The Hall–Kier alpha value is -3.94. The number of carbonyl (C=O) groups is 1. The topological polar surface area (TPSA) is 135 Å². The lowest BCUT2D eigenvalue weighted by molar-refractivity contribution is 0.0303. The molecule has 6 rings (SSSR count). The minimum atomic E-state index is 0.0144. The molecule has 0 spiro atoms. The maximum atomic E-state index is 12.9. The summed E-state index contributed by atoms with van der Waals surface area (Å²) in [6.45, 7) is 7.61. The summed E-state index contributed by atoms with van der Waals surface area (Å²) in [5.74, 6) is 1.60. The van der Waals surface area contributed by atoms with Gasteiger partial charge in [0, 0.05) is 67.5 Å². The van der Waals surface area contributed by atoms with Crippen LogP contribution in [0.25, 0.3) is 11.3 Å². The summed E-state index contributed by atoms with van der Waals surface area (Å²) in [5.41, 5.74) is 10.7. The molecule has 3 aliphatic heterocycles. The van der Waals surface area contributed by atoms with Crippen LogP contribution in [0.1, 0.15) is 21.5 Å². The SMILES string of the molecule is Cc1cc(C(=O)N2CCOCC2)ccc1NC(=S)N1CCc2c(-c3cnc(N)nc3)nc(N3CCOCC3)nc21. The third-order valence-electron chi connectivity index (χ3n) is 7.31. The van der Waals surface area contributed by atoms with E-state index in [2.05, 4.69) is 20.2 Å². The number of nitrogen functional groups attached to an aromatic ring is 1. The molecule has 13 heteroatoms. The first-order valence-corrected chi connectivity index (χ1v) is 13.8. The molecule has 0 unspecified atom stereocenters. The van der Waals surface area contributed by atoms with E-state index in [-0.39, 0.29) is 11.9 Å². The van der Waals surface area contributed by atoms with E-state index in [4.69, 9.17) is 37.4 Å². The van der Waals surface area contributed by atoms with E-state index >= 15 is 0 Å². The highest BCUT2D eigenvalue weighted by Gasteiger charge is 2.31. The van der Waals surface area contributed by atoms with Gasteiger partial charge < -0.3 is 35.2 Å². The number of nitrogens with two attached hydrogens (primary N) is 1. The average Bonchev–Trinajstić information content (AvgIpc) is 3.43. The summed E-state index contributed by atoms with van der Waals surface area (Å²) in [6, 6.07) is 5.65. The van der Waals surface area contributed by atoms with Gasteiger partial charge in [-0.15, -0.1) is 0 Å². The predicted molar refractivity (Wildman–Crippen MR) is 156 cm³/mol. The summed E-state index contributed by atoms with van der Waals surface area (Å²) < 4.78 is 10.9. The molecule has 3 N–H and O–H groups in total. The molecule has 5 heterocycles. The highest BCUT2D eigenvalue weighted by atomic mass is 32.1. The molecule has 2 aromatic heterocycles. The maximum Gasteiger partial charge on any atom is 0.254 e. The van der Waals surface area contributed by atoms with Crippen molar-refractivity contribution in [3.05, 3.63) is 47.3 Å². The monoisotopic (exact) mass is 561 g/mol. The van der Waals surface area contributed by atoms with Crippen LogP contribution >= 0.6 is 12.2 Å². The number of ether oxygens (including phenoxy) is 2. The Balaban J connectivity index is 1.27. The van der Waals surface area contributed by atoms with Crippen LogP contribution in [0.2, 0.25) is 0 Å². The number of benzene rings is 1. The number of fused-ring (bicyclic) bond motifs is 1. The summed E-state index contributed by atoms with van der Waals surface area (Å²) in [4.78, 5) is 37.1.